The van der Waals surface area contributed by atoms with E-state index in [4.69, 9.17) is 0 Å². The molecule has 3 heterocycles. The van der Waals surface area contributed by atoms with Gasteiger partial charge in [-0.25, -0.2) is 13.6 Å². The third-order valence-electron chi connectivity index (χ3n) is 4.50. The highest BCUT2D eigenvalue weighted by atomic mass is 32.1. The predicted octanol–water partition coefficient (Wildman–Crippen LogP) is 3.45. The van der Waals surface area contributed by atoms with Crippen LogP contribution < -0.4 is 16.6 Å². The average Bonchev–Trinajstić information content (AvgIpc) is 3.40. The van der Waals surface area contributed by atoms with E-state index in [0.29, 0.717) is 16.6 Å². The number of benzene rings is 1. The van der Waals surface area contributed by atoms with Crippen molar-refractivity contribution in [2.75, 3.05) is 5.32 Å². The van der Waals surface area contributed by atoms with Crippen molar-refractivity contribution in [1.82, 2.24) is 9.13 Å². The van der Waals surface area contributed by atoms with Crippen LogP contribution in [0.1, 0.15) is 4.88 Å². The summed E-state index contributed by atoms with van der Waals surface area (Å²) in [7, 11) is 0. The smallest absolute Gasteiger partial charge is 0.324 e. The number of rotatable bonds is 6. The molecular formula is C20H15F2N3O3S2. The lowest BCUT2D eigenvalue weighted by molar-refractivity contribution is -0.116. The predicted molar refractivity (Wildman–Crippen MR) is 113 cm³/mol. The van der Waals surface area contributed by atoms with Gasteiger partial charge in [-0.3, -0.25) is 18.7 Å². The highest BCUT2D eigenvalue weighted by Crippen LogP contribution is 2.17. The van der Waals surface area contributed by atoms with Gasteiger partial charge in [-0.2, -0.15) is 0 Å². The summed E-state index contributed by atoms with van der Waals surface area (Å²) < 4.78 is 29.2. The molecule has 4 aromatic rings. The summed E-state index contributed by atoms with van der Waals surface area (Å²) in [5, 5.41) is 6.04. The first-order chi connectivity index (χ1) is 14.4. The third-order valence-corrected chi connectivity index (χ3v) is 6.33. The summed E-state index contributed by atoms with van der Waals surface area (Å²) in [4.78, 5) is 39.3. The standard InChI is InChI=1S/C20H15F2N3O3S2/c21-14-4-3-12(10-15(14)22)23-17(26)11-25-16-6-9-30-18(16)19(27)24(20(25)28)7-5-13-2-1-8-29-13/h1-4,6,8-10H,5,7,11H2,(H,23,26). The summed E-state index contributed by atoms with van der Waals surface area (Å²) >= 11 is 2.73. The highest BCUT2D eigenvalue weighted by Gasteiger charge is 2.17. The largest absolute Gasteiger partial charge is 0.332 e. The summed E-state index contributed by atoms with van der Waals surface area (Å²) in [5.74, 6) is -2.71. The van der Waals surface area contributed by atoms with Crippen LogP contribution in [-0.2, 0) is 24.3 Å². The number of hydrogen-bond acceptors (Lipinski definition) is 5. The number of nitrogens with one attached hydrogen (secondary N) is 1. The molecule has 0 saturated carbocycles. The van der Waals surface area contributed by atoms with Crippen molar-refractivity contribution in [2.24, 2.45) is 0 Å². The van der Waals surface area contributed by atoms with Gasteiger partial charge >= 0.3 is 5.69 Å². The van der Waals surface area contributed by atoms with Crippen LogP contribution in [0.4, 0.5) is 14.5 Å². The van der Waals surface area contributed by atoms with Crippen molar-refractivity contribution in [2.45, 2.75) is 19.5 Å². The lowest BCUT2D eigenvalue weighted by Gasteiger charge is -2.12. The van der Waals surface area contributed by atoms with E-state index in [0.717, 1.165) is 21.6 Å². The minimum atomic E-state index is -1.09. The lowest BCUT2D eigenvalue weighted by atomic mass is 10.3. The molecule has 3 aromatic heterocycles. The second-order valence-corrected chi connectivity index (χ2v) is 8.42. The number of hydrogen-bond donors (Lipinski definition) is 1. The van der Waals surface area contributed by atoms with Gasteiger partial charge in [0, 0.05) is 23.2 Å². The Labute approximate surface area is 176 Å². The minimum Gasteiger partial charge on any atom is -0.324 e. The average molecular weight is 447 g/mol. The van der Waals surface area contributed by atoms with Gasteiger partial charge in [0.15, 0.2) is 11.6 Å². The van der Waals surface area contributed by atoms with E-state index in [9.17, 15) is 23.2 Å². The van der Waals surface area contributed by atoms with Crippen LogP contribution in [0.3, 0.4) is 0 Å². The van der Waals surface area contributed by atoms with E-state index in [1.165, 1.54) is 33.3 Å². The Morgan fingerprint density at radius 2 is 1.83 bits per heavy atom. The Morgan fingerprint density at radius 3 is 2.57 bits per heavy atom. The molecule has 0 unspecified atom stereocenters. The van der Waals surface area contributed by atoms with Crippen LogP contribution in [-0.4, -0.2) is 15.0 Å². The van der Waals surface area contributed by atoms with E-state index in [1.807, 2.05) is 17.5 Å². The fraction of sp³-hybridized carbons (Fsp3) is 0.150. The zero-order chi connectivity index (χ0) is 21.3. The monoisotopic (exact) mass is 447 g/mol. The molecule has 1 N–H and O–H groups in total. The van der Waals surface area contributed by atoms with E-state index >= 15 is 0 Å². The van der Waals surface area contributed by atoms with Crippen LogP contribution >= 0.6 is 22.7 Å². The van der Waals surface area contributed by atoms with Crippen LogP contribution in [0.2, 0.25) is 0 Å². The van der Waals surface area contributed by atoms with Gasteiger partial charge < -0.3 is 5.32 Å². The first-order valence-electron chi connectivity index (χ1n) is 8.92. The number of carbonyl (C=O) groups excluding carboxylic acids is 1. The number of carbonyl (C=O) groups is 1. The number of fused-ring (bicyclic) bond motifs is 1. The van der Waals surface area contributed by atoms with E-state index in [1.54, 1.807) is 11.4 Å². The Morgan fingerprint density at radius 1 is 1.00 bits per heavy atom. The number of amides is 1. The molecule has 10 heteroatoms. The van der Waals surface area contributed by atoms with Crippen molar-refractivity contribution in [3.63, 3.8) is 0 Å². The number of nitrogens with zero attached hydrogens (tertiary/aromatic N) is 2. The molecule has 30 heavy (non-hydrogen) atoms. The van der Waals surface area contributed by atoms with Gasteiger partial charge in [0.25, 0.3) is 5.56 Å². The molecule has 0 bridgehead atoms. The van der Waals surface area contributed by atoms with Crippen molar-refractivity contribution >= 4 is 44.5 Å². The second kappa shape index (κ2) is 8.33. The van der Waals surface area contributed by atoms with Crippen LogP contribution in [0.25, 0.3) is 10.2 Å². The van der Waals surface area contributed by atoms with E-state index < -0.39 is 23.2 Å². The lowest BCUT2D eigenvalue weighted by Crippen LogP contribution is -2.41. The molecule has 0 spiro atoms. The van der Waals surface area contributed by atoms with Crippen LogP contribution in [0.5, 0.6) is 0 Å². The van der Waals surface area contributed by atoms with Gasteiger partial charge in [0.2, 0.25) is 5.91 Å². The molecule has 0 fully saturated rings. The SMILES string of the molecule is O=C(Cn1c(=O)n(CCc2cccs2)c(=O)c2sccc21)Nc1ccc(F)c(F)c1. The fourth-order valence-corrected chi connectivity index (χ4v) is 4.62. The van der Waals surface area contributed by atoms with Gasteiger partial charge in [0.05, 0.1) is 5.52 Å². The van der Waals surface area contributed by atoms with Crippen molar-refractivity contribution in [3.8, 4) is 0 Å². The van der Waals surface area contributed by atoms with Gasteiger partial charge in [-0.15, -0.1) is 22.7 Å². The molecule has 0 atom stereocenters. The van der Waals surface area contributed by atoms with Gasteiger partial charge in [0.1, 0.15) is 11.2 Å². The molecular weight excluding hydrogens is 432 g/mol. The van der Waals surface area contributed by atoms with Crippen molar-refractivity contribution in [1.29, 1.82) is 0 Å². The summed E-state index contributed by atoms with van der Waals surface area (Å²) in [5.41, 5.74) is -0.552. The molecule has 154 valence electrons. The molecule has 0 saturated heterocycles. The normalized spacial score (nSPS) is 11.1. The maximum atomic E-state index is 13.4. The molecule has 6 nitrogen and oxygen atoms in total. The van der Waals surface area contributed by atoms with Gasteiger partial charge in [-0.1, -0.05) is 6.07 Å². The van der Waals surface area contributed by atoms with E-state index in [2.05, 4.69) is 5.32 Å². The van der Waals surface area contributed by atoms with Crippen molar-refractivity contribution in [3.05, 3.63) is 84.5 Å². The number of thiophene rings is 2. The summed E-state index contributed by atoms with van der Waals surface area (Å²) in [6.07, 6.45) is 0.519. The molecule has 0 radical (unpaired) electrons. The molecule has 1 amide bonds. The maximum absolute atomic E-state index is 13.4. The fourth-order valence-electron chi connectivity index (χ4n) is 3.08. The number of aryl methyl sites for hydroxylation is 1. The molecule has 0 aliphatic carbocycles. The summed E-state index contributed by atoms with van der Waals surface area (Å²) in [6.45, 7) is -0.179. The Kier molecular flexibility index (Phi) is 5.60. The number of halogens is 2. The summed E-state index contributed by atoms with van der Waals surface area (Å²) in [6, 6.07) is 8.41. The first kappa shape index (κ1) is 20.2. The Balaban J connectivity index is 1.64. The maximum Gasteiger partial charge on any atom is 0.332 e. The molecule has 0 aliphatic rings. The van der Waals surface area contributed by atoms with E-state index in [-0.39, 0.29) is 24.3 Å². The number of aromatic nitrogens is 2. The second-order valence-electron chi connectivity index (χ2n) is 6.47. The molecule has 0 aliphatic heterocycles. The Hall–Kier alpha value is -3.11. The zero-order valence-electron chi connectivity index (χ0n) is 15.4. The molecule has 1 aromatic carbocycles. The topological polar surface area (TPSA) is 73.1 Å². The molecule has 4 rings (SSSR count). The quantitative estimate of drug-likeness (QED) is 0.492. The zero-order valence-corrected chi connectivity index (χ0v) is 17.1. The van der Waals surface area contributed by atoms with Crippen molar-refractivity contribution < 1.29 is 13.6 Å². The van der Waals surface area contributed by atoms with Crippen LogP contribution in [0, 0.1) is 11.6 Å². The van der Waals surface area contributed by atoms with Gasteiger partial charge in [-0.05, 0) is 41.4 Å². The Bertz CT molecular complexity index is 1340. The highest BCUT2D eigenvalue weighted by molar-refractivity contribution is 7.17. The third kappa shape index (κ3) is 3.96. The van der Waals surface area contributed by atoms with Crippen LogP contribution in [0.15, 0.2) is 56.7 Å². The number of anilines is 1. The first-order valence-corrected chi connectivity index (χ1v) is 10.7. The minimum absolute atomic E-state index is 0.0690.